The molecule has 1 rings (SSSR count). The lowest BCUT2D eigenvalue weighted by Crippen LogP contribution is -2.24. The third-order valence-corrected chi connectivity index (χ3v) is 3.17. The summed E-state index contributed by atoms with van der Waals surface area (Å²) in [5.41, 5.74) is 1.05. The number of benzene rings is 1. The van der Waals surface area contributed by atoms with Crippen molar-refractivity contribution < 1.29 is 14.6 Å². The maximum Gasteiger partial charge on any atom is 0.123 e. The van der Waals surface area contributed by atoms with E-state index in [2.05, 4.69) is 20.8 Å². The molecule has 3 nitrogen and oxygen atoms in total. The van der Waals surface area contributed by atoms with Gasteiger partial charge in [0.15, 0.2) is 0 Å². The summed E-state index contributed by atoms with van der Waals surface area (Å²) in [6.45, 7) is 10.7. The molecule has 0 bridgehead atoms. The fraction of sp³-hybridized carbons (Fsp3) is 0.625. The average molecular weight is 266 g/mol. The van der Waals surface area contributed by atoms with Crippen molar-refractivity contribution in [3.63, 3.8) is 0 Å². The van der Waals surface area contributed by atoms with E-state index in [4.69, 9.17) is 9.47 Å². The average Bonchev–Trinajstić information content (AvgIpc) is 2.34. The van der Waals surface area contributed by atoms with Gasteiger partial charge in [-0.1, -0.05) is 34.6 Å². The minimum absolute atomic E-state index is 0.0351. The van der Waals surface area contributed by atoms with Crippen molar-refractivity contribution in [1.29, 1.82) is 0 Å². The number of hydrogen-bond donors (Lipinski definition) is 1. The molecule has 1 aromatic rings. The molecule has 0 fully saturated rings. The van der Waals surface area contributed by atoms with Gasteiger partial charge in [-0.05, 0) is 29.5 Å². The Morgan fingerprint density at radius 1 is 1.21 bits per heavy atom. The van der Waals surface area contributed by atoms with Crippen molar-refractivity contribution in [3.8, 4) is 11.5 Å². The number of methoxy groups -OCH3 is 1. The molecule has 0 heterocycles. The van der Waals surface area contributed by atoms with Crippen LogP contribution in [0, 0.1) is 5.92 Å². The zero-order valence-electron chi connectivity index (χ0n) is 12.9. The summed E-state index contributed by atoms with van der Waals surface area (Å²) in [7, 11) is 1.66. The zero-order valence-corrected chi connectivity index (χ0v) is 12.9. The number of aliphatic hydroxyl groups excluding tert-OH is 1. The quantitative estimate of drug-likeness (QED) is 0.888. The van der Waals surface area contributed by atoms with Crippen LogP contribution in [0.1, 0.15) is 40.2 Å². The third kappa shape index (κ3) is 4.43. The molecule has 108 valence electrons. The van der Waals surface area contributed by atoms with Crippen LogP contribution in [0.4, 0.5) is 0 Å². The van der Waals surface area contributed by atoms with Gasteiger partial charge in [0.25, 0.3) is 0 Å². The van der Waals surface area contributed by atoms with Crippen LogP contribution in [0.3, 0.4) is 0 Å². The first-order chi connectivity index (χ1) is 8.75. The van der Waals surface area contributed by atoms with E-state index >= 15 is 0 Å². The highest BCUT2D eigenvalue weighted by Gasteiger charge is 2.21. The molecule has 19 heavy (non-hydrogen) atoms. The Balaban J connectivity index is 2.94. The summed E-state index contributed by atoms with van der Waals surface area (Å²) in [4.78, 5) is 0. The Morgan fingerprint density at radius 3 is 2.32 bits per heavy atom. The van der Waals surface area contributed by atoms with Crippen LogP contribution in [0.25, 0.3) is 0 Å². The molecule has 1 aromatic carbocycles. The van der Waals surface area contributed by atoms with Crippen molar-refractivity contribution in [2.45, 2.75) is 46.1 Å². The van der Waals surface area contributed by atoms with E-state index in [9.17, 15) is 5.11 Å². The van der Waals surface area contributed by atoms with Gasteiger partial charge in [-0.25, -0.2) is 0 Å². The van der Waals surface area contributed by atoms with Crippen LogP contribution in [-0.2, 0) is 5.41 Å². The molecule has 0 saturated carbocycles. The monoisotopic (exact) mass is 266 g/mol. The first-order valence-corrected chi connectivity index (χ1v) is 6.75. The van der Waals surface area contributed by atoms with E-state index in [1.807, 2.05) is 32.0 Å². The molecule has 0 radical (unpaired) electrons. The maximum atomic E-state index is 9.83. The van der Waals surface area contributed by atoms with Gasteiger partial charge in [-0.2, -0.15) is 0 Å². The van der Waals surface area contributed by atoms with Gasteiger partial charge in [0.2, 0.25) is 0 Å². The van der Waals surface area contributed by atoms with Gasteiger partial charge in [-0.15, -0.1) is 0 Å². The van der Waals surface area contributed by atoms with Gasteiger partial charge in [0.1, 0.15) is 18.1 Å². The second-order valence-electron chi connectivity index (χ2n) is 6.23. The molecule has 0 amide bonds. The Labute approximate surface area is 116 Å². The van der Waals surface area contributed by atoms with Crippen molar-refractivity contribution in [1.82, 2.24) is 0 Å². The summed E-state index contributed by atoms with van der Waals surface area (Å²) in [5, 5.41) is 9.83. The lowest BCUT2D eigenvalue weighted by Gasteiger charge is -2.24. The fourth-order valence-electron chi connectivity index (χ4n) is 1.72. The molecule has 1 atom stereocenters. The Hall–Kier alpha value is -1.22. The highest BCUT2D eigenvalue weighted by atomic mass is 16.5. The minimum atomic E-state index is -0.449. The van der Waals surface area contributed by atoms with Crippen LogP contribution in [-0.4, -0.2) is 24.9 Å². The van der Waals surface area contributed by atoms with E-state index in [1.165, 1.54) is 0 Å². The van der Waals surface area contributed by atoms with E-state index in [0.29, 0.717) is 6.61 Å². The molecule has 0 aliphatic carbocycles. The van der Waals surface area contributed by atoms with Crippen LogP contribution >= 0.6 is 0 Å². The van der Waals surface area contributed by atoms with Crippen molar-refractivity contribution in [2.24, 2.45) is 5.92 Å². The Morgan fingerprint density at radius 2 is 1.84 bits per heavy atom. The summed E-state index contributed by atoms with van der Waals surface area (Å²) in [5.74, 6) is 1.83. The number of ether oxygens (including phenoxy) is 2. The molecular weight excluding hydrogens is 240 g/mol. The lowest BCUT2D eigenvalue weighted by atomic mass is 9.86. The molecule has 0 saturated heterocycles. The van der Waals surface area contributed by atoms with E-state index in [0.717, 1.165) is 17.1 Å². The number of aliphatic hydroxyl groups is 1. The smallest absolute Gasteiger partial charge is 0.123 e. The first-order valence-electron chi connectivity index (χ1n) is 6.75. The number of rotatable bonds is 5. The summed E-state index contributed by atoms with van der Waals surface area (Å²) >= 11 is 0. The number of hydrogen-bond acceptors (Lipinski definition) is 3. The Kier molecular flexibility index (Phi) is 5.24. The van der Waals surface area contributed by atoms with Crippen LogP contribution < -0.4 is 9.47 Å². The molecule has 1 unspecified atom stereocenters. The van der Waals surface area contributed by atoms with Crippen LogP contribution in [0.15, 0.2) is 18.2 Å². The predicted molar refractivity (Wildman–Crippen MR) is 78.0 cm³/mol. The molecule has 3 heteroatoms. The van der Waals surface area contributed by atoms with Crippen LogP contribution in [0.2, 0.25) is 0 Å². The van der Waals surface area contributed by atoms with Gasteiger partial charge in [0, 0.05) is 5.56 Å². The Bertz CT molecular complexity index is 405. The molecule has 0 aromatic heterocycles. The third-order valence-electron chi connectivity index (χ3n) is 3.17. The fourth-order valence-corrected chi connectivity index (χ4v) is 1.72. The molecule has 0 aliphatic rings. The second-order valence-corrected chi connectivity index (χ2v) is 6.23. The largest absolute Gasteiger partial charge is 0.497 e. The maximum absolute atomic E-state index is 9.83. The highest BCUT2D eigenvalue weighted by molar-refractivity contribution is 5.44. The second kappa shape index (κ2) is 6.29. The normalized spacial score (nSPS) is 13.5. The van der Waals surface area contributed by atoms with E-state index < -0.39 is 6.10 Å². The SMILES string of the molecule is COc1ccc(OCC(O)C(C)C)c(C(C)(C)C)c1. The van der Waals surface area contributed by atoms with Gasteiger partial charge < -0.3 is 14.6 Å². The zero-order chi connectivity index (χ0) is 14.6. The van der Waals surface area contributed by atoms with E-state index in [1.54, 1.807) is 7.11 Å². The van der Waals surface area contributed by atoms with Gasteiger partial charge >= 0.3 is 0 Å². The summed E-state index contributed by atoms with van der Waals surface area (Å²) in [6.07, 6.45) is -0.449. The lowest BCUT2D eigenvalue weighted by molar-refractivity contribution is 0.0693. The van der Waals surface area contributed by atoms with Crippen molar-refractivity contribution >= 4 is 0 Å². The summed E-state index contributed by atoms with van der Waals surface area (Å²) in [6, 6.07) is 5.79. The van der Waals surface area contributed by atoms with E-state index in [-0.39, 0.29) is 11.3 Å². The summed E-state index contributed by atoms with van der Waals surface area (Å²) < 4.78 is 11.0. The topological polar surface area (TPSA) is 38.7 Å². The van der Waals surface area contributed by atoms with Gasteiger partial charge in [0.05, 0.1) is 13.2 Å². The molecular formula is C16H26O3. The minimum Gasteiger partial charge on any atom is -0.497 e. The first kappa shape index (κ1) is 15.8. The van der Waals surface area contributed by atoms with Crippen LogP contribution in [0.5, 0.6) is 11.5 Å². The predicted octanol–water partition coefficient (Wildman–Crippen LogP) is 3.39. The molecule has 1 N–H and O–H groups in total. The molecule has 0 spiro atoms. The molecule has 0 aliphatic heterocycles. The van der Waals surface area contributed by atoms with Crippen molar-refractivity contribution in [3.05, 3.63) is 23.8 Å². The van der Waals surface area contributed by atoms with Gasteiger partial charge in [-0.3, -0.25) is 0 Å². The standard InChI is InChI=1S/C16H26O3/c1-11(2)14(17)10-19-15-8-7-12(18-6)9-13(15)16(3,4)5/h7-9,11,14,17H,10H2,1-6H3. The highest BCUT2D eigenvalue weighted by Crippen LogP contribution is 2.34. The van der Waals surface area contributed by atoms with Crippen molar-refractivity contribution in [2.75, 3.05) is 13.7 Å².